The molecular formula is C15H21N3O2. The Kier molecular flexibility index (Phi) is 3.46. The average Bonchev–Trinajstić information content (AvgIpc) is 3.14. The molecule has 0 bridgehead atoms. The number of likely N-dealkylation sites (N-methyl/N-ethyl adjacent to an activating group) is 1. The summed E-state index contributed by atoms with van der Waals surface area (Å²) in [6.07, 6.45) is 0.560. The quantitative estimate of drug-likeness (QED) is 0.826. The van der Waals surface area contributed by atoms with Crippen molar-refractivity contribution in [3.05, 3.63) is 29.8 Å². The van der Waals surface area contributed by atoms with E-state index in [0.29, 0.717) is 12.1 Å². The second kappa shape index (κ2) is 4.81. The lowest BCUT2D eigenvalue weighted by Gasteiger charge is -2.22. The largest absolute Gasteiger partial charge is 0.399 e. The lowest BCUT2D eigenvalue weighted by Crippen LogP contribution is -2.38. The monoisotopic (exact) mass is 275 g/mol. The maximum atomic E-state index is 12.6. The summed E-state index contributed by atoms with van der Waals surface area (Å²) >= 11 is 0. The highest BCUT2D eigenvalue weighted by Crippen LogP contribution is 2.56. The molecule has 0 aromatic heterocycles. The maximum Gasteiger partial charge on any atom is 0.233 e. The molecule has 1 aliphatic carbocycles. The van der Waals surface area contributed by atoms with Crippen molar-refractivity contribution in [3.63, 3.8) is 0 Å². The average molecular weight is 275 g/mol. The summed E-state index contributed by atoms with van der Waals surface area (Å²) in [6, 6.07) is 7.24. The van der Waals surface area contributed by atoms with Crippen LogP contribution in [0.4, 0.5) is 5.69 Å². The third kappa shape index (κ3) is 2.13. The molecule has 108 valence electrons. The van der Waals surface area contributed by atoms with Gasteiger partial charge in [0.05, 0.1) is 11.3 Å². The fraction of sp³-hybridized carbons (Fsp3) is 0.467. The van der Waals surface area contributed by atoms with Gasteiger partial charge < -0.3 is 15.5 Å². The van der Waals surface area contributed by atoms with Crippen LogP contribution in [0.15, 0.2) is 24.3 Å². The topological polar surface area (TPSA) is 66.6 Å². The third-order valence-corrected chi connectivity index (χ3v) is 3.91. The Morgan fingerprint density at radius 3 is 2.10 bits per heavy atom. The third-order valence-electron chi connectivity index (χ3n) is 3.91. The Hall–Kier alpha value is -2.04. The number of nitrogen functional groups attached to an aromatic ring is 1. The molecule has 0 heterocycles. The molecule has 2 N–H and O–H groups in total. The van der Waals surface area contributed by atoms with E-state index in [9.17, 15) is 9.59 Å². The Morgan fingerprint density at radius 1 is 1.10 bits per heavy atom. The number of rotatable bonds is 3. The van der Waals surface area contributed by atoms with Gasteiger partial charge in [-0.1, -0.05) is 12.1 Å². The first-order valence-corrected chi connectivity index (χ1v) is 6.59. The van der Waals surface area contributed by atoms with Gasteiger partial charge in [0.15, 0.2) is 0 Å². The second-order valence-corrected chi connectivity index (χ2v) is 5.78. The molecule has 2 amide bonds. The van der Waals surface area contributed by atoms with E-state index >= 15 is 0 Å². The van der Waals surface area contributed by atoms with E-state index in [-0.39, 0.29) is 17.7 Å². The number of hydrogen-bond acceptors (Lipinski definition) is 3. The lowest BCUT2D eigenvalue weighted by atomic mass is 9.91. The van der Waals surface area contributed by atoms with Crippen molar-refractivity contribution in [1.82, 2.24) is 9.80 Å². The standard InChI is InChI=1S/C15H21N3O2/c1-17(2)13(19)12-9-15(12,14(20)18(3)4)10-5-7-11(16)8-6-10/h5-8,12H,9,16H2,1-4H3. The van der Waals surface area contributed by atoms with Gasteiger partial charge in [-0.3, -0.25) is 9.59 Å². The van der Waals surface area contributed by atoms with Crippen LogP contribution >= 0.6 is 0 Å². The van der Waals surface area contributed by atoms with Gasteiger partial charge in [-0.05, 0) is 24.1 Å². The minimum absolute atomic E-state index is 0.00275. The molecule has 20 heavy (non-hydrogen) atoms. The Labute approximate surface area is 119 Å². The SMILES string of the molecule is CN(C)C(=O)C1CC1(C(=O)N(C)C)c1ccc(N)cc1. The minimum atomic E-state index is -0.724. The maximum absolute atomic E-state index is 12.6. The highest BCUT2D eigenvalue weighted by molar-refractivity contribution is 6.00. The van der Waals surface area contributed by atoms with E-state index < -0.39 is 5.41 Å². The molecule has 1 fully saturated rings. The molecular weight excluding hydrogens is 254 g/mol. The van der Waals surface area contributed by atoms with Gasteiger partial charge in [0.1, 0.15) is 0 Å². The van der Waals surface area contributed by atoms with Crippen LogP contribution in [-0.4, -0.2) is 49.8 Å². The van der Waals surface area contributed by atoms with E-state index in [4.69, 9.17) is 5.73 Å². The normalized spacial score (nSPS) is 24.1. The van der Waals surface area contributed by atoms with E-state index in [1.165, 1.54) is 0 Å². The van der Waals surface area contributed by atoms with Gasteiger partial charge in [0, 0.05) is 33.9 Å². The van der Waals surface area contributed by atoms with Gasteiger partial charge in [-0.25, -0.2) is 0 Å². The van der Waals surface area contributed by atoms with Crippen molar-refractivity contribution in [3.8, 4) is 0 Å². The zero-order chi connectivity index (χ0) is 15.1. The van der Waals surface area contributed by atoms with Crippen molar-refractivity contribution in [2.45, 2.75) is 11.8 Å². The van der Waals surface area contributed by atoms with Gasteiger partial charge in [-0.2, -0.15) is 0 Å². The molecule has 0 radical (unpaired) electrons. The zero-order valence-electron chi connectivity index (χ0n) is 12.4. The van der Waals surface area contributed by atoms with Gasteiger partial charge >= 0.3 is 0 Å². The molecule has 1 aliphatic rings. The summed E-state index contributed by atoms with van der Waals surface area (Å²) < 4.78 is 0. The van der Waals surface area contributed by atoms with Crippen LogP contribution in [0, 0.1) is 5.92 Å². The van der Waals surface area contributed by atoms with Crippen LogP contribution in [0.5, 0.6) is 0 Å². The molecule has 5 nitrogen and oxygen atoms in total. The summed E-state index contributed by atoms with van der Waals surface area (Å²) in [5.41, 5.74) is 6.49. The molecule has 0 spiro atoms. The van der Waals surface area contributed by atoms with E-state index in [2.05, 4.69) is 0 Å². The molecule has 1 saturated carbocycles. The lowest BCUT2D eigenvalue weighted by molar-refractivity contribution is -0.136. The first kappa shape index (κ1) is 14.4. The van der Waals surface area contributed by atoms with Crippen LogP contribution in [0.2, 0.25) is 0 Å². The fourth-order valence-electron chi connectivity index (χ4n) is 2.73. The van der Waals surface area contributed by atoms with Gasteiger partial charge in [0.2, 0.25) is 11.8 Å². The second-order valence-electron chi connectivity index (χ2n) is 5.78. The molecule has 0 aliphatic heterocycles. The zero-order valence-corrected chi connectivity index (χ0v) is 12.4. The van der Waals surface area contributed by atoms with Gasteiger partial charge in [0.25, 0.3) is 0 Å². The van der Waals surface area contributed by atoms with Crippen LogP contribution in [0.1, 0.15) is 12.0 Å². The predicted octanol–water partition coefficient (Wildman–Crippen LogP) is 0.703. The Morgan fingerprint density at radius 2 is 1.65 bits per heavy atom. The van der Waals surface area contributed by atoms with Gasteiger partial charge in [-0.15, -0.1) is 0 Å². The highest BCUT2D eigenvalue weighted by atomic mass is 16.2. The summed E-state index contributed by atoms with van der Waals surface area (Å²) in [5, 5.41) is 0. The van der Waals surface area contributed by atoms with Crippen LogP contribution in [-0.2, 0) is 15.0 Å². The Bertz CT molecular complexity index is 537. The fourth-order valence-corrected chi connectivity index (χ4v) is 2.73. The van der Waals surface area contributed by atoms with E-state index in [1.54, 1.807) is 50.1 Å². The van der Waals surface area contributed by atoms with Crippen LogP contribution in [0.3, 0.4) is 0 Å². The molecule has 1 aromatic carbocycles. The molecule has 5 heteroatoms. The van der Waals surface area contributed by atoms with Crippen molar-refractivity contribution in [1.29, 1.82) is 0 Å². The van der Waals surface area contributed by atoms with Crippen LogP contribution in [0.25, 0.3) is 0 Å². The van der Waals surface area contributed by atoms with Crippen molar-refractivity contribution in [2.24, 2.45) is 5.92 Å². The number of amides is 2. The van der Waals surface area contributed by atoms with Crippen LogP contribution < -0.4 is 5.73 Å². The number of benzene rings is 1. The number of anilines is 1. The highest BCUT2D eigenvalue weighted by Gasteiger charge is 2.65. The molecule has 2 rings (SSSR count). The summed E-state index contributed by atoms with van der Waals surface area (Å²) in [5.74, 6) is -0.310. The van der Waals surface area contributed by atoms with E-state index in [1.807, 2.05) is 12.1 Å². The minimum Gasteiger partial charge on any atom is -0.399 e. The predicted molar refractivity (Wildman–Crippen MR) is 78.0 cm³/mol. The number of nitrogens with two attached hydrogens (primary N) is 1. The summed E-state index contributed by atoms with van der Waals surface area (Å²) in [4.78, 5) is 27.9. The molecule has 1 aromatic rings. The Balaban J connectivity index is 2.41. The number of nitrogens with zero attached hydrogens (tertiary/aromatic N) is 2. The first-order valence-electron chi connectivity index (χ1n) is 6.59. The van der Waals surface area contributed by atoms with Crippen molar-refractivity contribution >= 4 is 17.5 Å². The smallest absolute Gasteiger partial charge is 0.233 e. The van der Waals surface area contributed by atoms with E-state index in [0.717, 1.165) is 5.56 Å². The molecule has 0 saturated heterocycles. The summed E-state index contributed by atoms with van der Waals surface area (Å²) in [7, 11) is 6.87. The first-order chi connectivity index (χ1) is 9.30. The van der Waals surface area contributed by atoms with Crippen molar-refractivity contribution in [2.75, 3.05) is 33.9 Å². The molecule has 2 atom stereocenters. The summed E-state index contributed by atoms with van der Waals surface area (Å²) in [6.45, 7) is 0. The van der Waals surface area contributed by atoms with Crippen molar-refractivity contribution < 1.29 is 9.59 Å². The number of hydrogen-bond donors (Lipinski definition) is 1. The number of carbonyl (C=O) groups excluding carboxylic acids is 2. The molecule has 2 unspecified atom stereocenters. The number of carbonyl (C=O) groups is 2.